The second-order valence-electron chi connectivity index (χ2n) is 13.5. The number of carboxylic acid groups (broad SMARTS) is 1. The predicted octanol–water partition coefficient (Wildman–Crippen LogP) is 5.72. The van der Waals surface area contributed by atoms with Crippen molar-refractivity contribution in [3.63, 3.8) is 0 Å². The van der Waals surface area contributed by atoms with Crippen molar-refractivity contribution in [2.45, 2.75) is 69.0 Å². The zero-order valence-electron chi connectivity index (χ0n) is 29.2. The average Bonchev–Trinajstić information content (AvgIpc) is 3.94. The fourth-order valence-electron chi connectivity index (χ4n) is 7.31. The molecular formula is C38H42N4O8S3. The highest BCUT2D eigenvalue weighted by Gasteiger charge is 2.48. The Balaban J connectivity index is 0.897. The van der Waals surface area contributed by atoms with Crippen molar-refractivity contribution in [3.8, 4) is 11.5 Å². The number of nitrogens with zero attached hydrogens (tertiary/aromatic N) is 2. The first-order valence-corrected chi connectivity index (χ1v) is 20.2. The van der Waals surface area contributed by atoms with Crippen LogP contribution in [0, 0.1) is 0 Å². The summed E-state index contributed by atoms with van der Waals surface area (Å²) in [6.45, 7) is 1.92. The van der Waals surface area contributed by atoms with Crippen molar-refractivity contribution >= 4 is 61.8 Å². The smallest absolute Gasteiger partial charge is 0.347 e. The van der Waals surface area contributed by atoms with E-state index in [0.717, 1.165) is 54.4 Å². The monoisotopic (exact) mass is 778 g/mol. The maximum absolute atomic E-state index is 13.0. The van der Waals surface area contributed by atoms with Crippen LogP contribution in [0.25, 0.3) is 10.2 Å². The number of fused-ring (bicyclic) bond motifs is 2. The van der Waals surface area contributed by atoms with Crippen LogP contribution in [-0.4, -0.2) is 75.6 Å². The number of phenols is 1. The molecule has 1 saturated carbocycles. The molecule has 3 aromatic heterocycles. The molecule has 1 aliphatic heterocycles. The Kier molecular flexibility index (Phi) is 11.3. The Morgan fingerprint density at radius 1 is 1.09 bits per heavy atom. The molecule has 1 atom stereocenters. The molecule has 7 rings (SSSR count). The number of aliphatic hydroxyl groups excluding tert-OH is 1. The molecule has 0 saturated heterocycles. The third kappa shape index (κ3) is 7.78. The van der Waals surface area contributed by atoms with Gasteiger partial charge in [-0.2, -0.15) is 0 Å². The minimum Gasteiger partial charge on any atom is -0.506 e. The van der Waals surface area contributed by atoms with E-state index >= 15 is 0 Å². The molecular weight excluding hydrogens is 737 g/mol. The largest absolute Gasteiger partial charge is 0.506 e. The third-order valence-corrected chi connectivity index (χ3v) is 13.0. The second-order valence-corrected chi connectivity index (χ2v) is 16.4. The van der Waals surface area contributed by atoms with E-state index in [1.165, 1.54) is 40.1 Å². The summed E-state index contributed by atoms with van der Waals surface area (Å²) in [5.74, 6) is -1.22. The Morgan fingerprint density at radius 2 is 1.83 bits per heavy atom. The summed E-state index contributed by atoms with van der Waals surface area (Å²) in [7, 11) is 2.12. The van der Waals surface area contributed by atoms with Gasteiger partial charge in [0.1, 0.15) is 11.4 Å². The lowest BCUT2D eigenvalue weighted by Crippen LogP contribution is -2.44. The van der Waals surface area contributed by atoms with Gasteiger partial charge in [0, 0.05) is 31.2 Å². The zero-order chi connectivity index (χ0) is 37.1. The minimum absolute atomic E-state index is 0.00318. The molecule has 1 fully saturated rings. The van der Waals surface area contributed by atoms with E-state index < -0.39 is 17.7 Å². The second kappa shape index (κ2) is 16.1. The number of thiophene rings is 2. The van der Waals surface area contributed by atoms with Crippen molar-refractivity contribution < 1.29 is 34.4 Å². The van der Waals surface area contributed by atoms with E-state index in [1.54, 1.807) is 6.07 Å². The van der Waals surface area contributed by atoms with E-state index in [2.05, 4.69) is 22.6 Å². The number of hydrogen-bond acceptors (Lipinski definition) is 12. The average molecular weight is 779 g/mol. The van der Waals surface area contributed by atoms with Gasteiger partial charge < -0.3 is 40.3 Å². The van der Waals surface area contributed by atoms with Gasteiger partial charge in [-0.3, -0.25) is 14.2 Å². The topological polar surface area (TPSA) is 163 Å². The summed E-state index contributed by atoms with van der Waals surface area (Å²) < 4.78 is 14.8. The van der Waals surface area contributed by atoms with Gasteiger partial charge in [-0.25, -0.2) is 4.79 Å². The van der Waals surface area contributed by atoms with Crippen molar-refractivity contribution in [2.75, 3.05) is 32.1 Å². The van der Waals surface area contributed by atoms with Gasteiger partial charge in [-0.15, -0.1) is 22.7 Å². The fourth-order valence-corrected chi connectivity index (χ4v) is 10.1. The number of benzene rings is 2. The van der Waals surface area contributed by atoms with E-state index in [4.69, 9.17) is 9.47 Å². The number of carbonyl (C=O) groups excluding carboxylic acids is 1. The van der Waals surface area contributed by atoms with Crippen LogP contribution in [0.5, 0.6) is 11.5 Å². The lowest BCUT2D eigenvalue weighted by atomic mass is 9.90. The number of thiazole rings is 1. The van der Waals surface area contributed by atoms with Crippen molar-refractivity contribution in [3.05, 3.63) is 95.9 Å². The molecule has 2 aromatic carbocycles. The normalized spacial score (nSPS) is 18.1. The number of ether oxygens (including phenoxy) is 2. The van der Waals surface area contributed by atoms with Gasteiger partial charge in [0.15, 0.2) is 12.4 Å². The zero-order valence-corrected chi connectivity index (χ0v) is 31.6. The molecule has 12 nitrogen and oxygen atoms in total. The first kappa shape index (κ1) is 37.2. The number of aliphatic hydroxyl groups is 1. The van der Waals surface area contributed by atoms with Crippen LogP contribution >= 0.6 is 34.0 Å². The highest BCUT2D eigenvalue weighted by Crippen LogP contribution is 2.43. The number of carboxylic acids is 1. The standard InChI is InChI=1S/C38H42N4O8S3/c1-41(24-8-10-25(11-9-24)50-38(36(46)47,31-5-2-17-51-31)32-6-3-18-52-32)15-4-16-42-27-13-7-23(19-30(27)53-37(42)48)20-39-21-29(44)26-12-14-28(43)34-35(26)49-22-33(45)40-34/h2-3,5-7,12-14,17-19,24-25,29,39,43-44H,4,8-11,15-16,20-22H2,1H3,(H,40,45)(H,46,47)/t24-,25-,29-/m0/s1. The highest BCUT2D eigenvalue weighted by atomic mass is 32.1. The number of hydrogen-bond donors (Lipinski definition) is 5. The van der Waals surface area contributed by atoms with Gasteiger partial charge in [0.2, 0.25) is 5.60 Å². The van der Waals surface area contributed by atoms with Crippen molar-refractivity contribution in [1.82, 2.24) is 14.8 Å². The molecule has 15 heteroatoms. The predicted molar refractivity (Wildman–Crippen MR) is 206 cm³/mol. The number of carbonyl (C=O) groups is 2. The molecule has 2 aliphatic rings. The van der Waals surface area contributed by atoms with Gasteiger partial charge in [0.05, 0.1) is 32.2 Å². The maximum Gasteiger partial charge on any atom is 0.347 e. The first-order chi connectivity index (χ1) is 25.6. The summed E-state index contributed by atoms with van der Waals surface area (Å²) in [4.78, 5) is 41.2. The van der Waals surface area contributed by atoms with Crippen LogP contribution in [0.1, 0.15) is 59.1 Å². The van der Waals surface area contributed by atoms with Crippen LogP contribution in [0.15, 0.2) is 70.2 Å². The summed E-state index contributed by atoms with van der Waals surface area (Å²) in [5, 5.41) is 41.0. The van der Waals surface area contributed by atoms with Crippen molar-refractivity contribution in [1.29, 1.82) is 0 Å². The third-order valence-electron chi connectivity index (χ3n) is 10.1. The molecule has 0 bridgehead atoms. The quantitative estimate of drug-likeness (QED) is 0.0831. The molecule has 0 spiro atoms. The van der Waals surface area contributed by atoms with Crippen LogP contribution < -0.4 is 20.2 Å². The number of aromatic hydroxyl groups is 1. The number of phenolic OH excluding ortho intramolecular Hbond substituents is 1. The fraction of sp³-hybridized carbons (Fsp3) is 0.395. The molecule has 5 N–H and O–H groups in total. The van der Waals surface area contributed by atoms with Crippen LogP contribution in [0.3, 0.4) is 0 Å². The van der Waals surface area contributed by atoms with Gasteiger partial charge in [-0.1, -0.05) is 29.5 Å². The van der Waals surface area contributed by atoms with E-state index in [9.17, 15) is 29.7 Å². The Morgan fingerprint density at radius 3 is 2.51 bits per heavy atom. The molecule has 5 aromatic rings. The van der Waals surface area contributed by atoms with E-state index in [0.29, 0.717) is 34.4 Å². The molecule has 0 radical (unpaired) electrons. The van der Waals surface area contributed by atoms with E-state index in [-0.39, 0.29) is 47.2 Å². The molecule has 1 amide bonds. The Bertz CT molecular complexity index is 2070. The van der Waals surface area contributed by atoms with Crippen LogP contribution in [-0.2, 0) is 33.0 Å². The highest BCUT2D eigenvalue weighted by molar-refractivity contribution is 7.16. The number of aryl methyl sites for hydroxylation is 1. The van der Waals surface area contributed by atoms with Gasteiger partial charge in [0.25, 0.3) is 5.91 Å². The summed E-state index contributed by atoms with van der Waals surface area (Å²) >= 11 is 4.04. The van der Waals surface area contributed by atoms with Gasteiger partial charge >= 0.3 is 10.8 Å². The lowest BCUT2D eigenvalue weighted by Gasteiger charge is -2.38. The maximum atomic E-state index is 13.0. The summed E-state index contributed by atoms with van der Waals surface area (Å²) in [6.07, 6.45) is 3.08. The number of aliphatic carboxylic acids is 1. The molecule has 0 unspecified atom stereocenters. The summed E-state index contributed by atoms with van der Waals surface area (Å²) in [5.41, 5.74) is 1.00. The number of aromatic nitrogens is 1. The summed E-state index contributed by atoms with van der Waals surface area (Å²) in [6, 6.07) is 16.7. The number of anilines is 1. The van der Waals surface area contributed by atoms with Gasteiger partial charge in [-0.05, 0) is 98.4 Å². The Labute approximate surface area is 318 Å². The van der Waals surface area contributed by atoms with E-state index in [1.807, 2.05) is 57.8 Å². The molecule has 4 heterocycles. The number of amides is 1. The van der Waals surface area contributed by atoms with Crippen LogP contribution in [0.4, 0.5) is 5.69 Å². The number of rotatable bonds is 15. The molecule has 1 aliphatic carbocycles. The number of nitrogens with one attached hydrogen (secondary N) is 2. The van der Waals surface area contributed by atoms with Crippen LogP contribution in [0.2, 0.25) is 0 Å². The van der Waals surface area contributed by atoms with Crippen molar-refractivity contribution in [2.24, 2.45) is 0 Å². The Hall–Kier alpha value is -4.09. The minimum atomic E-state index is -1.49. The SMILES string of the molecule is CN(CCCn1c(=O)sc2cc(CNC[C@H](O)c3ccc(O)c4c3OCC(=O)N4)ccc21)[C@H]1CC[C@H](OC(C(=O)O)(c2cccs2)c2cccs2)CC1. The molecule has 280 valence electrons. The lowest BCUT2D eigenvalue weighted by molar-refractivity contribution is -0.170. The molecule has 53 heavy (non-hydrogen) atoms. The first-order valence-electron chi connectivity index (χ1n) is 17.6.